The third-order valence-corrected chi connectivity index (χ3v) is 7.35. The molecule has 0 bridgehead atoms. The molecule has 2 aliphatic heterocycles. The summed E-state index contributed by atoms with van der Waals surface area (Å²) in [4.78, 5) is 15.2. The van der Waals surface area contributed by atoms with Crippen molar-refractivity contribution >= 4 is 15.9 Å². The van der Waals surface area contributed by atoms with Crippen molar-refractivity contribution < 1.29 is 22.7 Å². The number of carbonyl (C=O) groups is 1. The van der Waals surface area contributed by atoms with Crippen LogP contribution in [0, 0.1) is 0 Å². The van der Waals surface area contributed by atoms with Gasteiger partial charge in [0, 0.05) is 19.6 Å². The fourth-order valence-corrected chi connectivity index (χ4v) is 5.40. The van der Waals surface area contributed by atoms with Crippen LogP contribution in [0.25, 0.3) is 0 Å². The number of rotatable bonds is 4. The van der Waals surface area contributed by atoms with E-state index in [9.17, 15) is 13.2 Å². The van der Waals surface area contributed by atoms with E-state index in [1.165, 1.54) is 23.5 Å². The van der Waals surface area contributed by atoms with Gasteiger partial charge in [-0.1, -0.05) is 24.3 Å². The molecule has 0 unspecified atom stereocenters. The zero-order valence-corrected chi connectivity index (χ0v) is 17.1. The average Bonchev–Trinajstić information content (AvgIpc) is 2.78. The number of benzene rings is 2. The second-order valence-electron chi connectivity index (χ2n) is 7.15. The smallest absolute Gasteiger partial charge is 0.244 e. The van der Waals surface area contributed by atoms with Gasteiger partial charge in [0.05, 0.1) is 25.2 Å². The molecule has 0 N–H and O–H groups in total. The topological polar surface area (TPSA) is 76.2 Å². The molecule has 0 saturated carbocycles. The lowest BCUT2D eigenvalue weighted by Gasteiger charge is -2.38. The number of carbonyl (C=O) groups excluding carboxylic acids is 1. The lowest BCUT2D eigenvalue weighted by atomic mass is 9.95. The summed E-state index contributed by atoms with van der Waals surface area (Å²) in [6.07, 6.45) is 0.363. The highest BCUT2D eigenvalue weighted by Crippen LogP contribution is 2.30. The Kier molecular flexibility index (Phi) is 5.58. The summed E-state index contributed by atoms with van der Waals surface area (Å²) in [6, 6.07) is 13.2. The van der Waals surface area contributed by atoms with Gasteiger partial charge in [-0.25, -0.2) is 8.42 Å². The highest BCUT2D eigenvalue weighted by molar-refractivity contribution is 7.89. The first-order chi connectivity index (χ1) is 14.0. The number of morpholine rings is 1. The van der Waals surface area contributed by atoms with E-state index in [-0.39, 0.29) is 17.3 Å². The van der Waals surface area contributed by atoms with Gasteiger partial charge in [0.2, 0.25) is 15.9 Å². The minimum absolute atomic E-state index is 0.150. The number of hydrogen-bond acceptors (Lipinski definition) is 5. The van der Waals surface area contributed by atoms with Crippen molar-refractivity contribution in [3.05, 3.63) is 59.7 Å². The van der Waals surface area contributed by atoms with Crippen LogP contribution in [0.3, 0.4) is 0 Å². The Hall–Kier alpha value is -2.42. The van der Waals surface area contributed by atoms with Gasteiger partial charge in [-0.15, -0.1) is 0 Å². The van der Waals surface area contributed by atoms with E-state index in [1.807, 2.05) is 24.3 Å². The Labute approximate surface area is 170 Å². The molecule has 2 aromatic rings. The third kappa shape index (κ3) is 3.88. The molecule has 0 spiro atoms. The summed E-state index contributed by atoms with van der Waals surface area (Å²) < 4.78 is 38.8. The largest absolute Gasteiger partial charge is 0.497 e. The van der Waals surface area contributed by atoms with Gasteiger partial charge in [-0.3, -0.25) is 4.79 Å². The number of sulfonamides is 1. The van der Waals surface area contributed by atoms with Crippen LogP contribution in [0.1, 0.15) is 11.1 Å². The molecule has 7 nitrogen and oxygen atoms in total. The minimum atomic E-state index is -3.86. The summed E-state index contributed by atoms with van der Waals surface area (Å²) in [6.45, 7) is 2.08. The Morgan fingerprint density at radius 2 is 1.69 bits per heavy atom. The number of methoxy groups -OCH3 is 1. The van der Waals surface area contributed by atoms with Crippen LogP contribution in [0.4, 0.5) is 0 Å². The average molecular weight is 416 g/mol. The van der Waals surface area contributed by atoms with Crippen molar-refractivity contribution in [2.24, 2.45) is 0 Å². The molecule has 1 fully saturated rings. The molecule has 2 aliphatic rings. The molecular formula is C21H24N2O5S. The molecule has 8 heteroatoms. The number of fused-ring (bicyclic) bond motifs is 1. The van der Waals surface area contributed by atoms with Crippen LogP contribution in [0.15, 0.2) is 53.4 Å². The molecule has 0 aromatic heterocycles. The van der Waals surface area contributed by atoms with Gasteiger partial charge < -0.3 is 14.4 Å². The van der Waals surface area contributed by atoms with E-state index in [1.54, 1.807) is 17.0 Å². The molecule has 1 atom stereocenters. The van der Waals surface area contributed by atoms with Crippen molar-refractivity contribution in [2.45, 2.75) is 23.9 Å². The molecule has 1 amide bonds. The van der Waals surface area contributed by atoms with Crippen LogP contribution in [-0.4, -0.2) is 63.0 Å². The summed E-state index contributed by atoms with van der Waals surface area (Å²) in [5.41, 5.74) is 1.94. The van der Waals surface area contributed by atoms with Crippen LogP contribution < -0.4 is 4.74 Å². The highest BCUT2D eigenvalue weighted by atomic mass is 32.2. The number of ether oxygens (including phenoxy) is 2. The quantitative estimate of drug-likeness (QED) is 0.758. The van der Waals surface area contributed by atoms with Crippen molar-refractivity contribution in [3.63, 3.8) is 0 Å². The minimum Gasteiger partial charge on any atom is -0.497 e. The molecule has 4 rings (SSSR count). The van der Waals surface area contributed by atoms with E-state index in [0.717, 1.165) is 11.1 Å². The third-order valence-electron chi connectivity index (χ3n) is 5.48. The van der Waals surface area contributed by atoms with E-state index >= 15 is 0 Å². The molecule has 0 radical (unpaired) electrons. The zero-order chi connectivity index (χ0) is 20.4. The van der Waals surface area contributed by atoms with Crippen molar-refractivity contribution in [3.8, 4) is 5.75 Å². The Balaban J connectivity index is 1.71. The van der Waals surface area contributed by atoms with Crippen molar-refractivity contribution in [1.29, 1.82) is 0 Å². The van der Waals surface area contributed by atoms with Gasteiger partial charge in [0.1, 0.15) is 11.8 Å². The van der Waals surface area contributed by atoms with Crippen LogP contribution in [-0.2, 0) is 32.5 Å². The first kappa shape index (κ1) is 19.9. The second-order valence-corrected chi connectivity index (χ2v) is 9.04. The summed E-state index contributed by atoms with van der Waals surface area (Å²) >= 11 is 0. The van der Waals surface area contributed by atoms with Gasteiger partial charge in [0.25, 0.3) is 0 Å². The Morgan fingerprint density at radius 3 is 2.34 bits per heavy atom. The van der Waals surface area contributed by atoms with E-state index in [2.05, 4.69) is 0 Å². The van der Waals surface area contributed by atoms with Crippen LogP contribution >= 0.6 is 0 Å². The second kappa shape index (κ2) is 8.14. The predicted octanol–water partition coefficient (Wildman–Crippen LogP) is 1.67. The fraction of sp³-hybridized carbons (Fsp3) is 0.381. The summed E-state index contributed by atoms with van der Waals surface area (Å²) in [7, 11) is -2.33. The SMILES string of the molecule is COc1ccc(S(=O)(=O)N2Cc3ccccc3C[C@H]2C(=O)N2CCOCC2)cc1. The molecule has 2 aromatic carbocycles. The first-order valence-corrected chi connectivity index (χ1v) is 11.0. The maximum absolute atomic E-state index is 13.5. The maximum atomic E-state index is 13.5. The fourth-order valence-electron chi connectivity index (χ4n) is 3.84. The summed E-state index contributed by atoms with van der Waals surface area (Å²) in [5.74, 6) is 0.411. The maximum Gasteiger partial charge on any atom is 0.244 e. The van der Waals surface area contributed by atoms with Crippen LogP contribution in [0.5, 0.6) is 5.75 Å². The van der Waals surface area contributed by atoms with Gasteiger partial charge in [-0.05, 0) is 41.8 Å². The van der Waals surface area contributed by atoms with E-state index in [0.29, 0.717) is 38.5 Å². The number of amides is 1. The van der Waals surface area contributed by atoms with Gasteiger partial charge >= 0.3 is 0 Å². The van der Waals surface area contributed by atoms with E-state index < -0.39 is 16.1 Å². The molecule has 1 saturated heterocycles. The Morgan fingerprint density at radius 1 is 1.03 bits per heavy atom. The number of nitrogens with zero attached hydrogens (tertiary/aromatic N) is 2. The lowest BCUT2D eigenvalue weighted by molar-refractivity contribution is -0.139. The summed E-state index contributed by atoms with van der Waals surface area (Å²) in [5, 5.41) is 0. The molecule has 0 aliphatic carbocycles. The first-order valence-electron chi connectivity index (χ1n) is 9.60. The van der Waals surface area contributed by atoms with Gasteiger partial charge in [0.15, 0.2) is 0 Å². The Bertz CT molecular complexity index is 984. The lowest BCUT2D eigenvalue weighted by Crippen LogP contribution is -2.55. The molecular weight excluding hydrogens is 392 g/mol. The highest BCUT2D eigenvalue weighted by Gasteiger charge is 2.41. The number of hydrogen-bond donors (Lipinski definition) is 0. The van der Waals surface area contributed by atoms with E-state index in [4.69, 9.17) is 9.47 Å². The predicted molar refractivity (Wildman–Crippen MR) is 107 cm³/mol. The van der Waals surface area contributed by atoms with Crippen molar-refractivity contribution in [1.82, 2.24) is 9.21 Å². The van der Waals surface area contributed by atoms with Crippen molar-refractivity contribution in [2.75, 3.05) is 33.4 Å². The molecule has 2 heterocycles. The molecule has 154 valence electrons. The van der Waals surface area contributed by atoms with Gasteiger partial charge in [-0.2, -0.15) is 4.31 Å². The normalized spacial score (nSPS) is 20.2. The zero-order valence-electron chi connectivity index (χ0n) is 16.3. The molecule has 29 heavy (non-hydrogen) atoms. The van der Waals surface area contributed by atoms with Crippen LogP contribution in [0.2, 0.25) is 0 Å². The monoisotopic (exact) mass is 416 g/mol. The standard InChI is InChI=1S/C21H24N2O5S/c1-27-18-6-8-19(9-7-18)29(25,26)23-15-17-5-3-2-4-16(17)14-20(23)21(24)22-10-12-28-13-11-22/h2-9,20H,10-15H2,1H3/t20-/m0/s1.